The molecule has 0 amide bonds. The molecule has 26 heavy (non-hydrogen) atoms. The summed E-state index contributed by atoms with van der Waals surface area (Å²) >= 11 is 1.97. The lowest BCUT2D eigenvalue weighted by molar-refractivity contribution is 0.392. The summed E-state index contributed by atoms with van der Waals surface area (Å²) < 4.78 is 13.9. The molecule has 1 aliphatic carbocycles. The first-order chi connectivity index (χ1) is 12.5. The second-order valence-electron chi connectivity index (χ2n) is 7.22. The summed E-state index contributed by atoms with van der Waals surface area (Å²) in [7, 11) is 3.90. The van der Waals surface area contributed by atoms with Crippen LogP contribution in [-0.2, 0) is 13.1 Å². The summed E-state index contributed by atoms with van der Waals surface area (Å²) in [6.45, 7) is 4.06. The molecule has 2 rings (SSSR count). The van der Waals surface area contributed by atoms with Crippen molar-refractivity contribution in [2.24, 2.45) is 4.99 Å². The van der Waals surface area contributed by atoms with Gasteiger partial charge in [-0.15, -0.1) is 0 Å². The van der Waals surface area contributed by atoms with Crippen molar-refractivity contribution >= 4 is 17.7 Å². The Morgan fingerprint density at radius 1 is 1.35 bits per heavy atom. The number of halogens is 1. The first-order valence-corrected chi connectivity index (χ1v) is 10.8. The van der Waals surface area contributed by atoms with E-state index in [0.29, 0.717) is 19.1 Å². The molecule has 0 saturated heterocycles. The first-order valence-electron chi connectivity index (χ1n) is 9.51. The number of nitrogens with zero attached hydrogens (tertiary/aromatic N) is 2. The van der Waals surface area contributed by atoms with E-state index in [0.717, 1.165) is 28.9 Å². The summed E-state index contributed by atoms with van der Waals surface area (Å²) in [5.74, 6) is 0.708. The van der Waals surface area contributed by atoms with Crippen molar-refractivity contribution < 1.29 is 4.39 Å². The second kappa shape index (κ2) is 10.8. The molecule has 1 aromatic rings. The van der Waals surface area contributed by atoms with E-state index in [4.69, 9.17) is 4.99 Å². The summed E-state index contributed by atoms with van der Waals surface area (Å²) in [5.41, 5.74) is 1.75. The van der Waals surface area contributed by atoms with Gasteiger partial charge in [-0.2, -0.15) is 11.8 Å². The third kappa shape index (κ3) is 6.80. The van der Waals surface area contributed by atoms with Gasteiger partial charge in [-0.3, -0.25) is 0 Å². The van der Waals surface area contributed by atoms with Crippen molar-refractivity contribution in [1.29, 1.82) is 0 Å². The molecule has 1 saturated carbocycles. The number of nitrogens with one attached hydrogen (secondary N) is 2. The molecule has 0 radical (unpaired) electrons. The van der Waals surface area contributed by atoms with Crippen LogP contribution >= 0.6 is 11.8 Å². The van der Waals surface area contributed by atoms with Crippen LogP contribution in [0.3, 0.4) is 0 Å². The molecule has 0 heterocycles. The molecule has 1 fully saturated rings. The van der Waals surface area contributed by atoms with Gasteiger partial charge in [0.05, 0.1) is 6.54 Å². The lowest BCUT2D eigenvalue weighted by Crippen LogP contribution is -2.45. The van der Waals surface area contributed by atoms with Gasteiger partial charge in [0, 0.05) is 29.9 Å². The highest BCUT2D eigenvalue weighted by Crippen LogP contribution is 2.26. The molecule has 2 N–H and O–H groups in total. The Bertz CT molecular complexity index is 591. The zero-order valence-electron chi connectivity index (χ0n) is 16.5. The van der Waals surface area contributed by atoms with E-state index in [1.165, 1.54) is 25.7 Å². The van der Waals surface area contributed by atoms with Crippen molar-refractivity contribution in [1.82, 2.24) is 15.5 Å². The van der Waals surface area contributed by atoms with E-state index in [-0.39, 0.29) is 5.82 Å². The summed E-state index contributed by atoms with van der Waals surface area (Å²) in [4.78, 5) is 6.70. The fraction of sp³-hybridized carbons (Fsp3) is 0.650. The molecule has 146 valence electrons. The van der Waals surface area contributed by atoms with Gasteiger partial charge in [0.2, 0.25) is 0 Å². The van der Waals surface area contributed by atoms with Crippen LogP contribution in [0.25, 0.3) is 0 Å². The molecular formula is C20H33FN4S. The van der Waals surface area contributed by atoms with Gasteiger partial charge in [0.1, 0.15) is 5.82 Å². The zero-order valence-corrected chi connectivity index (χ0v) is 17.3. The maximum Gasteiger partial charge on any atom is 0.191 e. The Balaban J connectivity index is 2.02. The zero-order chi connectivity index (χ0) is 18.9. The molecule has 2 atom stereocenters. The van der Waals surface area contributed by atoms with Crippen LogP contribution in [-0.4, -0.2) is 49.0 Å². The molecule has 6 heteroatoms. The van der Waals surface area contributed by atoms with E-state index in [2.05, 4.69) is 23.8 Å². The Labute approximate surface area is 162 Å². The van der Waals surface area contributed by atoms with Crippen LogP contribution in [0.2, 0.25) is 0 Å². The molecule has 0 aliphatic heterocycles. The Hall–Kier alpha value is -1.27. The minimum absolute atomic E-state index is 0.151. The number of thioether (sulfide) groups is 1. The van der Waals surface area contributed by atoms with Gasteiger partial charge in [0.15, 0.2) is 5.96 Å². The van der Waals surface area contributed by atoms with Crippen LogP contribution in [0.1, 0.15) is 43.7 Å². The molecule has 0 aromatic heterocycles. The first kappa shape index (κ1) is 21.0. The highest BCUT2D eigenvalue weighted by molar-refractivity contribution is 7.99. The van der Waals surface area contributed by atoms with Gasteiger partial charge in [0.25, 0.3) is 0 Å². The van der Waals surface area contributed by atoms with Crippen LogP contribution in [0.5, 0.6) is 0 Å². The predicted octanol–water partition coefficient (Wildman–Crippen LogP) is 3.62. The van der Waals surface area contributed by atoms with Gasteiger partial charge in [-0.1, -0.05) is 12.5 Å². The third-order valence-electron chi connectivity index (χ3n) is 4.66. The van der Waals surface area contributed by atoms with E-state index >= 15 is 0 Å². The largest absolute Gasteiger partial charge is 0.357 e. The summed E-state index contributed by atoms with van der Waals surface area (Å²) in [6, 6.07) is 5.78. The van der Waals surface area contributed by atoms with Crippen molar-refractivity contribution in [3.63, 3.8) is 0 Å². The molecule has 2 unspecified atom stereocenters. The SMILES string of the molecule is CCNC(=NCc1ccc(F)c(CN(C)C)c1)NC1CCCC(SC)C1. The van der Waals surface area contributed by atoms with Crippen molar-refractivity contribution in [2.45, 2.75) is 57.0 Å². The van der Waals surface area contributed by atoms with Gasteiger partial charge >= 0.3 is 0 Å². The van der Waals surface area contributed by atoms with Crippen LogP contribution < -0.4 is 10.6 Å². The van der Waals surface area contributed by atoms with Crippen LogP contribution in [0, 0.1) is 5.82 Å². The average Bonchev–Trinajstić information content (AvgIpc) is 2.62. The molecule has 1 aliphatic rings. The van der Waals surface area contributed by atoms with Gasteiger partial charge < -0.3 is 15.5 Å². The van der Waals surface area contributed by atoms with Crippen molar-refractivity contribution in [3.05, 3.63) is 35.1 Å². The molecule has 0 bridgehead atoms. The highest BCUT2D eigenvalue weighted by Gasteiger charge is 2.21. The minimum atomic E-state index is -0.151. The van der Waals surface area contributed by atoms with Crippen molar-refractivity contribution in [2.75, 3.05) is 26.9 Å². The Kier molecular flexibility index (Phi) is 8.72. The molecule has 0 spiro atoms. The van der Waals surface area contributed by atoms with E-state index in [1.54, 1.807) is 6.07 Å². The fourth-order valence-corrected chi connectivity index (χ4v) is 4.19. The fourth-order valence-electron chi connectivity index (χ4n) is 3.36. The monoisotopic (exact) mass is 380 g/mol. The second-order valence-corrected chi connectivity index (χ2v) is 8.36. The molecule has 4 nitrogen and oxygen atoms in total. The maximum absolute atomic E-state index is 13.9. The van der Waals surface area contributed by atoms with Gasteiger partial charge in [-0.05, 0) is 64.2 Å². The topological polar surface area (TPSA) is 39.7 Å². The standard InChI is InChI=1S/C20H33FN4S/c1-5-22-20(24-17-7-6-8-18(12-17)26-4)23-13-15-9-10-19(21)16(11-15)14-25(2)3/h9-11,17-18H,5-8,12-14H2,1-4H3,(H2,22,23,24). The average molecular weight is 381 g/mol. The minimum Gasteiger partial charge on any atom is -0.357 e. The smallest absolute Gasteiger partial charge is 0.191 e. The summed E-state index contributed by atoms with van der Waals surface area (Å²) in [6.07, 6.45) is 7.18. The lowest BCUT2D eigenvalue weighted by atomic mass is 9.95. The molecule has 1 aromatic carbocycles. The third-order valence-corrected chi connectivity index (χ3v) is 5.76. The number of aliphatic imine (C=N–C) groups is 1. The Morgan fingerprint density at radius 2 is 2.15 bits per heavy atom. The van der Waals surface area contributed by atoms with Crippen LogP contribution in [0.4, 0.5) is 4.39 Å². The number of benzene rings is 1. The lowest BCUT2D eigenvalue weighted by Gasteiger charge is -2.29. The number of rotatable bonds is 7. The van der Waals surface area contributed by atoms with E-state index < -0.39 is 0 Å². The van der Waals surface area contributed by atoms with Crippen molar-refractivity contribution in [3.8, 4) is 0 Å². The maximum atomic E-state index is 13.9. The normalized spacial score (nSPS) is 21.1. The quantitative estimate of drug-likeness (QED) is 0.560. The highest BCUT2D eigenvalue weighted by atomic mass is 32.2. The predicted molar refractivity (Wildman–Crippen MR) is 111 cm³/mol. The Morgan fingerprint density at radius 3 is 2.85 bits per heavy atom. The van der Waals surface area contributed by atoms with E-state index in [9.17, 15) is 4.39 Å². The van der Waals surface area contributed by atoms with E-state index in [1.807, 2.05) is 42.9 Å². The molecular weight excluding hydrogens is 347 g/mol. The van der Waals surface area contributed by atoms with Crippen LogP contribution in [0.15, 0.2) is 23.2 Å². The number of hydrogen-bond acceptors (Lipinski definition) is 3. The number of hydrogen-bond donors (Lipinski definition) is 2. The number of guanidine groups is 1. The summed E-state index contributed by atoms with van der Waals surface area (Å²) in [5, 5.41) is 7.68. The van der Waals surface area contributed by atoms with Gasteiger partial charge in [-0.25, -0.2) is 9.38 Å².